The van der Waals surface area contributed by atoms with Crippen LogP contribution in [0.25, 0.3) is 0 Å². The van der Waals surface area contributed by atoms with Crippen LogP contribution in [-0.4, -0.2) is 25.9 Å². The van der Waals surface area contributed by atoms with Crippen molar-refractivity contribution in [2.24, 2.45) is 5.73 Å². The Morgan fingerprint density at radius 2 is 2.40 bits per heavy atom. The summed E-state index contributed by atoms with van der Waals surface area (Å²) < 4.78 is 12.5. The predicted octanol–water partition coefficient (Wildman–Crippen LogP) is 2.58. The van der Waals surface area contributed by atoms with Crippen LogP contribution in [0, 0.1) is 0 Å². The minimum absolute atomic E-state index is 0.0691. The molecule has 0 bridgehead atoms. The Bertz CT molecular complexity index is 321. The van der Waals surface area contributed by atoms with Gasteiger partial charge in [-0.15, -0.1) is 11.3 Å². The van der Waals surface area contributed by atoms with Crippen LogP contribution in [0.3, 0.4) is 0 Å². The molecule has 0 aliphatic carbocycles. The molecular weight excluding hydrogens is 302 g/mol. The van der Waals surface area contributed by atoms with Gasteiger partial charge in [0, 0.05) is 9.35 Å². The summed E-state index contributed by atoms with van der Waals surface area (Å²) in [4.78, 5) is 1.02. The Kier molecular flexibility index (Phi) is 4.04. The number of hydrogen-bond donors (Lipinski definition) is 1. The zero-order valence-corrected chi connectivity index (χ0v) is 11.1. The molecule has 2 N–H and O–H groups in total. The van der Waals surface area contributed by atoms with Crippen LogP contribution in [-0.2, 0) is 9.47 Å². The fraction of sp³-hybridized carbons (Fsp3) is 0.556. The van der Waals surface area contributed by atoms with Crippen molar-refractivity contribution in [1.29, 1.82) is 0 Å². The third kappa shape index (κ3) is 2.72. The molecule has 1 fully saturated rings. The van der Waals surface area contributed by atoms with Gasteiger partial charge >= 0.3 is 0 Å². The Balaban J connectivity index is 2.08. The second-order valence-electron chi connectivity index (χ2n) is 3.28. The first-order valence-electron chi connectivity index (χ1n) is 4.58. The lowest BCUT2D eigenvalue weighted by molar-refractivity contribution is -0.0971. The fourth-order valence-corrected chi connectivity index (χ4v) is 3.21. The molecule has 6 heteroatoms. The Labute approximate surface area is 106 Å². The van der Waals surface area contributed by atoms with Crippen molar-refractivity contribution in [3.05, 3.63) is 19.8 Å². The van der Waals surface area contributed by atoms with Gasteiger partial charge in [0.25, 0.3) is 0 Å². The molecule has 2 rings (SSSR count). The van der Waals surface area contributed by atoms with Crippen LogP contribution >= 0.6 is 38.9 Å². The lowest BCUT2D eigenvalue weighted by Gasteiger charge is -2.27. The fourth-order valence-electron chi connectivity index (χ4n) is 1.42. The molecule has 2 unspecified atom stereocenters. The van der Waals surface area contributed by atoms with E-state index in [-0.39, 0.29) is 12.1 Å². The summed E-state index contributed by atoms with van der Waals surface area (Å²) in [5.74, 6) is 0. The molecule has 0 spiro atoms. The number of hydrogen-bond acceptors (Lipinski definition) is 4. The van der Waals surface area contributed by atoms with E-state index >= 15 is 0 Å². The molecule has 0 radical (unpaired) electrons. The molecule has 2 heterocycles. The Morgan fingerprint density at radius 1 is 1.60 bits per heavy atom. The maximum absolute atomic E-state index is 6.08. The van der Waals surface area contributed by atoms with Gasteiger partial charge in [0.05, 0.1) is 25.9 Å². The quantitative estimate of drug-likeness (QED) is 0.913. The second kappa shape index (κ2) is 5.12. The largest absolute Gasteiger partial charge is 0.376 e. The van der Waals surface area contributed by atoms with Crippen molar-refractivity contribution >= 4 is 38.9 Å². The van der Waals surface area contributed by atoms with E-state index in [1.165, 1.54) is 11.3 Å². The van der Waals surface area contributed by atoms with Crippen molar-refractivity contribution in [3.8, 4) is 0 Å². The highest BCUT2D eigenvalue weighted by Crippen LogP contribution is 2.36. The molecule has 3 nitrogen and oxygen atoms in total. The van der Waals surface area contributed by atoms with E-state index in [1.54, 1.807) is 0 Å². The van der Waals surface area contributed by atoms with Crippen LogP contribution < -0.4 is 5.73 Å². The van der Waals surface area contributed by atoms with Gasteiger partial charge in [-0.05, 0) is 22.0 Å². The van der Waals surface area contributed by atoms with Gasteiger partial charge < -0.3 is 15.2 Å². The van der Waals surface area contributed by atoms with Crippen molar-refractivity contribution in [2.45, 2.75) is 12.1 Å². The normalized spacial score (nSPS) is 24.1. The van der Waals surface area contributed by atoms with Crippen LogP contribution in [0.1, 0.15) is 10.9 Å². The van der Waals surface area contributed by atoms with E-state index in [4.69, 9.17) is 26.8 Å². The average molecular weight is 313 g/mol. The van der Waals surface area contributed by atoms with E-state index in [0.29, 0.717) is 19.8 Å². The van der Waals surface area contributed by atoms with Crippen molar-refractivity contribution in [1.82, 2.24) is 0 Å². The van der Waals surface area contributed by atoms with Gasteiger partial charge in [-0.1, -0.05) is 11.6 Å². The summed E-state index contributed by atoms with van der Waals surface area (Å²) >= 11 is 10.8. The zero-order valence-electron chi connectivity index (χ0n) is 7.91. The number of rotatable bonds is 2. The van der Waals surface area contributed by atoms with Crippen LogP contribution in [0.5, 0.6) is 0 Å². The van der Waals surface area contributed by atoms with E-state index in [9.17, 15) is 0 Å². The maximum atomic E-state index is 6.08. The smallest absolute Gasteiger partial charge is 0.107 e. The summed E-state index contributed by atoms with van der Waals surface area (Å²) in [6.07, 6.45) is -0.0691. The molecule has 1 saturated heterocycles. The van der Waals surface area contributed by atoms with E-state index in [2.05, 4.69) is 15.9 Å². The highest BCUT2D eigenvalue weighted by atomic mass is 79.9. The average Bonchev–Trinajstić information content (AvgIpc) is 2.59. The molecule has 0 saturated carbocycles. The monoisotopic (exact) mass is 311 g/mol. The molecule has 0 aromatic carbocycles. The van der Waals surface area contributed by atoms with Gasteiger partial charge in [-0.2, -0.15) is 0 Å². The summed E-state index contributed by atoms with van der Waals surface area (Å²) in [6, 6.07) is 1.77. The van der Waals surface area contributed by atoms with Gasteiger partial charge in [0.1, 0.15) is 10.4 Å². The Morgan fingerprint density at radius 3 is 2.93 bits per heavy atom. The maximum Gasteiger partial charge on any atom is 0.107 e. The number of ether oxygens (including phenoxy) is 2. The first-order valence-corrected chi connectivity index (χ1v) is 6.57. The van der Waals surface area contributed by atoms with Crippen LogP contribution in [0.15, 0.2) is 10.5 Å². The van der Waals surface area contributed by atoms with Gasteiger partial charge in [0.15, 0.2) is 0 Å². The molecule has 15 heavy (non-hydrogen) atoms. The van der Waals surface area contributed by atoms with Crippen molar-refractivity contribution in [2.75, 3.05) is 19.8 Å². The molecule has 1 aromatic rings. The standard InChI is InChI=1S/C9H11BrClNO2S/c10-5-3-7(15-9(5)11)8(12)6-4-13-1-2-14-6/h3,6,8H,1-2,4,12H2. The SMILES string of the molecule is NC(c1cc(Br)c(Cl)s1)C1COCCO1. The summed E-state index contributed by atoms with van der Waals surface area (Å²) in [6.45, 7) is 1.81. The lowest BCUT2D eigenvalue weighted by Crippen LogP contribution is -2.37. The van der Waals surface area contributed by atoms with Gasteiger partial charge in [0.2, 0.25) is 0 Å². The molecule has 1 aliphatic heterocycles. The molecule has 0 amide bonds. The summed E-state index contributed by atoms with van der Waals surface area (Å²) in [5, 5.41) is 0. The minimum Gasteiger partial charge on any atom is -0.376 e. The Hall–Kier alpha value is 0.350. The second-order valence-corrected chi connectivity index (χ2v) is 5.82. The number of halogens is 2. The van der Waals surface area contributed by atoms with E-state index < -0.39 is 0 Å². The first-order chi connectivity index (χ1) is 7.18. The highest BCUT2D eigenvalue weighted by molar-refractivity contribution is 9.10. The van der Waals surface area contributed by atoms with E-state index in [1.807, 2.05) is 6.07 Å². The van der Waals surface area contributed by atoms with Crippen LogP contribution in [0.2, 0.25) is 4.34 Å². The lowest BCUT2D eigenvalue weighted by atomic mass is 10.1. The van der Waals surface area contributed by atoms with Crippen LogP contribution in [0.4, 0.5) is 0 Å². The third-order valence-electron chi connectivity index (χ3n) is 2.24. The highest BCUT2D eigenvalue weighted by Gasteiger charge is 2.25. The molecule has 2 atom stereocenters. The molecule has 1 aromatic heterocycles. The third-order valence-corrected chi connectivity index (χ3v) is 4.81. The molecule has 84 valence electrons. The van der Waals surface area contributed by atoms with E-state index in [0.717, 1.165) is 13.7 Å². The van der Waals surface area contributed by atoms with Gasteiger partial charge in [-0.3, -0.25) is 0 Å². The van der Waals surface area contributed by atoms with Gasteiger partial charge in [-0.25, -0.2) is 0 Å². The predicted molar refractivity (Wildman–Crippen MR) is 64.5 cm³/mol. The summed E-state index contributed by atoms with van der Waals surface area (Å²) in [5.41, 5.74) is 6.08. The van der Waals surface area contributed by atoms with Crippen molar-refractivity contribution in [3.63, 3.8) is 0 Å². The summed E-state index contributed by atoms with van der Waals surface area (Å²) in [7, 11) is 0. The molecular formula is C9H11BrClNO2S. The first kappa shape index (κ1) is 11.8. The number of thiophene rings is 1. The minimum atomic E-state index is -0.168. The number of nitrogens with two attached hydrogens (primary N) is 1. The molecule has 1 aliphatic rings. The van der Waals surface area contributed by atoms with Crippen molar-refractivity contribution < 1.29 is 9.47 Å². The topological polar surface area (TPSA) is 44.5 Å². The zero-order chi connectivity index (χ0) is 10.8.